The minimum atomic E-state index is -0.370. The van der Waals surface area contributed by atoms with Crippen molar-refractivity contribution in [3.05, 3.63) is 39.8 Å². The van der Waals surface area contributed by atoms with Crippen LogP contribution in [0.1, 0.15) is 49.3 Å². The number of nitrogens with zero attached hydrogens (tertiary/aromatic N) is 2. The van der Waals surface area contributed by atoms with Gasteiger partial charge in [0.15, 0.2) is 18.1 Å². The molecule has 170 valence electrons. The van der Waals surface area contributed by atoms with Gasteiger partial charge >= 0.3 is 0 Å². The molecule has 0 saturated carbocycles. The maximum atomic E-state index is 12.4. The smallest absolute Gasteiger partial charge is 0.265 e. The Morgan fingerprint density at radius 3 is 2.66 bits per heavy atom. The molecule has 0 saturated heterocycles. The molecule has 8 nitrogen and oxygen atoms in total. The number of quaternary nitrogens is 1. The van der Waals surface area contributed by atoms with Crippen LogP contribution < -0.4 is 20.1 Å². The maximum Gasteiger partial charge on any atom is 0.265 e. The zero-order valence-corrected chi connectivity index (χ0v) is 20.1. The van der Waals surface area contributed by atoms with Crippen LogP contribution in [0.3, 0.4) is 0 Å². The van der Waals surface area contributed by atoms with Crippen molar-refractivity contribution in [1.82, 2.24) is 0 Å². The van der Waals surface area contributed by atoms with Crippen molar-refractivity contribution in [2.75, 3.05) is 26.1 Å². The lowest BCUT2D eigenvalue weighted by molar-refractivity contribution is -0.789. The largest absolute Gasteiger partial charge is 0.493 e. The molecule has 3 N–H and O–H groups in total. The zero-order chi connectivity index (χ0) is 23.5. The molecule has 32 heavy (non-hydrogen) atoms. The second kappa shape index (κ2) is 9.18. The van der Waals surface area contributed by atoms with Gasteiger partial charge in [-0.15, -0.1) is 11.3 Å². The van der Waals surface area contributed by atoms with E-state index < -0.39 is 0 Å². The van der Waals surface area contributed by atoms with Crippen LogP contribution in [-0.2, 0) is 21.6 Å². The van der Waals surface area contributed by atoms with Crippen LogP contribution in [0.25, 0.3) is 0 Å². The predicted molar refractivity (Wildman–Crippen MR) is 123 cm³/mol. The molecule has 2 aromatic rings. The van der Waals surface area contributed by atoms with E-state index in [2.05, 4.69) is 49.6 Å². The van der Waals surface area contributed by atoms with E-state index in [0.717, 1.165) is 22.4 Å². The van der Waals surface area contributed by atoms with Crippen LogP contribution in [-0.4, -0.2) is 38.5 Å². The molecule has 9 heteroatoms. The van der Waals surface area contributed by atoms with Crippen molar-refractivity contribution < 1.29 is 24.4 Å². The van der Waals surface area contributed by atoms with Gasteiger partial charge in [0.2, 0.25) is 0 Å². The number of carbonyl (C=O) groups is 1. The second-order valence-electron chi connectivity index (χ2n) is 8.93. The third-order valence-electron chi connectivity index (χ3n) is 5.22. The van der Waals surface area contributed by atoms with E-state index >= 15 is 0 Å². The molecule has 1 aliphatic heterocycles. The first-order valence-corrected chi connectivity index (χ1v) is 11.0. The quantitative estimate of drug-likeness (QED) is 0.491. The fraction of sp³-hybridized carbons (Fsp3) is 0.435. The molecule has 0 bridgehead atoms. The van der Waals surface area contributed by atoms with Crippen LogP contribution in [0.2, 0.25) is 0 Å². The van der Waals surface area contributed by atoms with Gasteiger partial charge in [0.05, 0.1) is 36.4 Å². The molecular formula is C23H29N4O4S+. The number of hydrogen-bond acceptors (Lipinski definition) is 7. The summed E-state index contributed by atoms with van der Waals surface area (Å²) in [7, 11) is 3.12. The van der Waals surface area contributed by atoms with E-state index in [1.54, 1.807) is 32.4 Å². The molecule has 1 aromatic heterocycles. The average Bonchev–Trinajstić information content (AvgIpc) is 3.06. The molecule has 0 atom stereocenters. The monoisotopic (exact) mass is 457 g/mol. The average molecular weight is 458 g/mol. The Hall–Kier alpha value is -3.09. The third-order valence-corrected chi connectivity index (χ3v) is 6.71. The summed E-state index contributed by atoms with van der Waals surface area (Å²) in [5, 5.41) is 19.3. The summed E-state index contributed by atoms with van der Waals surface area (Å²) in [6, 6.07) is 7.59. The number of hydrogen-bond donors (Lipinski definition) is 2. The summed E-state index contributed by atoms with van der Waals surface area (Å²) in [6.07, 6.45) is 2.26. The minimum Gasteiger partial charge on any atom is -0.493 e. The van der Waals surface area contributed by atoms with E-state index in [1.807, 2.05) is 0 Å². The number of methoxy groups -OCH3 is 2. The van der Waals surface area contributed by atoms with E-state index in [1.165, 1.54) is 17.6 Å². The van der Waals surface area contributed by atoms with Gasteiger partial charge in [-0.3, -0.25) is 4.79 Å². The first kappa shape index (κ1) is 23.6. The van der Waals surface area contributed by atoms with Gasteiger partial charge in [0.1, 0.15) is 16.6 Å². The van der Waals surface area contributed by atoms with E-state index in [0.29, 0.717) is 22.1 Å². The number of anilines is 1. The van der Waals surface area contributed by atoms with E-state index in [-0.39, 0.29) is 23.6 Å². The lowest BCUT2D eigenvalue weighted by Crippen LogP contribution is -3.03. The van der Waals surface area contributed by atoms with Gasteiger partial charge in [-0.1, -0.05) is 5.16 Å². The molecular weight excluding hydrogens is 428 g/mol. The molecule has 1 amide bonds. The SMILES string of the molecule is COc1ccc(/C=N\OCC(=O)Nc2sc3c(c2C#N)CC(C)(C)[NH2+]C3(C)C)cc1OC. The number of oxime groups is 1. The first-order valence-electron chi connectivity index (χ1n) is 10.2. The van der Waals surface area contributed by atoms with Gasteiger partial charge in [0.25, 0.3) is 5.91 Å². The van der Waals surface area contributed by atoms with Gasteiger partial charge < -0.3 is 24.9 Å². The normalized spacial score (nSPS) is 16.2. The van der Waals surface area contributed by atoms with Crippen LogP contribution in [0.5, 0.6) is 11.5 Å². The Balaban J connectivity index is 1.66. The number of carbonyl (C=O) groups excluding carboxylic acids is 1. The molecule has 0 fully saturated rings. The summed E-state index contributed by atoms with van der Waals surface area (Å²) in [6.45, 7) is 8.35. The highest BCUT2D eigenvalue weighted by molar-refractivity contribution is 7.16. The number of rotatable bonds is 7. The minimum absolute atomic E-state index is 0.0214. The number of nitriles is 1. The molecule has 0 aliphatic carbocycles. The second-order valence-corrected chi connectivity index (χ2v) is 9.95. The molecule has 1 aromatic carbocycles. The van der Waals surface area contributed by atoms with Crippen molar-refractivity contribution >= 4 is 28.5 Å². The number of benzene rings is 1. The van der Waals surface area contributed by atoms with Crippen molar-refractivity contribution in [3.63, 3.8) is 0 Å². The van der Waals surface area contributed by atoms with E-state index in [4.69, 9.17) is 14.3 Å². The highest BCUT2D eigenvalue weighted by Gasteiger charge is 2.44. The number of amides is 1. The van der Waals surface area contributed by atoms with Crippen molar-refractivity contribution in [2.45, 2.75) is 45.2 Å². The fourth-order valence-corrected chi connectivity index (χ4v) is 5.46. The number of ether oxygens (including phenoxy) is 2. The van der Waals surface area contributed by atoms with Gasteiger partial charge in [-0.05, 0) is 51.5 Å². The highest BCUT2D eigenvalue weighted by Crippen LogP contribution is 2.41. The van der Waals surface area contributed by atoms with Crippen LogP contribution >= 0.6 is 11.3 Å². The van der Waals surface area contributed by atoms with Crippen molar-refractivity contribution in [1.29, 1.82) is 5.26 Å². The van der Waals surface area contributed by atoms with E-state index in [9.17, 15) is 10.1 Å². The summed E-state index contributed by atoms with van der Waals surface area (Å²) in [5.41, 5.74) is 2.11. The summed E-state index contributed by atoms with van der Waals surface area (Å²) in [5.74, 6) is 0.815. The highest BCUT2D eigenvalue weighted by atomic mass is 32.1. The summed E-state index contributed by atoms with van der Waals surface area (Å²) < 4.78 is 10.5. The standard InChI is InChI=1S/C23H28N4O4S/c1-22(2)10-15-16(11-24)21(32-20(15)23(3,4)27-22)26-19(28)13-31-25-12-14-7-8-17(29-5)18(9-14)30-6/h7-9,12,27H,10,13H2,1-6H3,(H,26,28)/p+1/b25-12-. The van der Waals surface area contributed by atoms with Gasteiger partial charge in [0, 0.05) is 12.0 Å². The molecule has 3 rings (SSSR count). The summed E-state index contributed by atoms with van der Waals surface area (Å²) >= 11 is 1.46. The maximum absolute atomic E-state index is 12.4. The number of nitrogens with one attached hydrogen (secondary N) is 1. The third kappa shape index (κ3) is 5.03. The van der Waals surface area contributed by atoms with Gasteiger partial charge in [-0.2, -0.15) is 5.26 Å². The predicted octanol–water partition coefficient (Wildman–Crippen LogP) is 2.76. The number of thiophene rings is 1. The lowest BCUT2D eigenvalue weighted by atomic mass is 9.81. The Bertz CT molecular complexity index is 1080. The van der Waals surface area contributed by atoms with Crippen molar-refractivity contribution in [3.8, 4) is 17.6 Å². The Labute approximate surface area is 192 Å². The zero-order valence-electron chi connectivity index (χ0n) is 19.2. The van der Waals surface area contributed by atoms with Crippen molar-refractivity contribution in [2.24, 2.45) is 5.16 Å². The number of nitrogens with two attached hydrogens (primary N) is 1. The molecule has 0 radical (unpaired) electrons. The fourth-order valence-electron chi connectivity index (χ4n) is 4.20. The van der Waals surface area contributed by atoms with Gasteiger partial charge in [-0.25, -0.2) is 0 Å². The van der Waals surface area contributed by atoms with Crippen LogP contribution in [0.15, 0.2) is 23.4 Å². The Morgan fingerprint density at radius 2 is 2.00 bits per heavy atom. The Morgan fingerprint density at radius 1 is 1.28 bits per heavy atom. The first-order chi connectivity index (χ1) is 15.1. The lowest BCUT2D eigenvalue weighted by Gasteiger charge is -2.38. The molecule has 2 heterocycles. The summed E-state index contributed by atoms with van der Waals surface area (Å²) in [4.78, 5) is 18.7. The van der Waals surface area contributed by atoms with Crippen LogP contribution in [0, 0.1) is 11.3 Å². The van der Waals surface area contributed by atoms with Crippen LogP contribution in [0.4, 0.5) is 5.00 Å². The molecule has 1 aliphatic rings. The molecule has 0 unspecified atom stereocenters. The molecule has 0 spiro atoms. The Kier molecular flexibility index (Phi) is 6.77. The topological polar surface area (TPSA) is 110 Å². The number of fused-ring (bicyclic) bond motifs is 1.